The van der Waals surface area contributed by atoms with Crippen molar-refractivity contribution in [2.45, 2.75) is 53.4 Å². The minimum absolute atomic E-state index is 0.109. The first-order valence-corrected chi connectivity index (χ1v) is 12.8. The molecular formula is C34H37N3. The van der Waals surface area contributed by atoms with Gasteiger partial charge in [-0.3, -0.25) is 4.57 Å². The highest BCUT2D eigenvalue weighted by atomic mass is 15.3. The lowest BCUT2D eigenvalue weighted by molar-refractivity contribution is 0.590. The Morgan fingerprint density at radius 2 is 1.27 bits per heavy atom. The van der Waals surface area contributed by atoms with Gasteiger partial charge in [0.05, 0.1) is 0 Å². The van der Waals surface area contributed by atoms with Crippen LogP contribution in [0, 0.1) is 12.3 Å². The topological polar surface area (TPSA) is 30.7 Å². The molecule has 0 radical (unpaired) electrons. The van der Waals surface area contributed by atoms with Crippen LogP contribution >= 0.6 is 0 Å². The van der Waals surface area contributed by atoms with Crippen molar-refractivity contribution >= 4 is 5.70 Å². The predicted molar refractivity (Wildman–Crippen MR) is 159 cm³/mol. The Morgan fingerprint density at radius 3 is 1.73 bits per heavy atom. The van der Waals surface area contributed by atoms with Gasteiger partial charge >= 0.3 is 0 Å². The average molecular weight is 488 g/mol. The fraction of sp³-hybridized carbons (Fsp3) is 0.235. The first kappa shape index (κ1) is 27.4. The van der Waals surface area contributed by atoms with E-state index in [0.717, 1.165) is 34.9 Å². The van der Waals surface area contributed by atoms with Gasteiger partial charge in [-0.25, -0.2) is 0 Å². The predicted octanol–water partition coefficient (Wildman–Crippen LogP) is 9.04. The van der Waals surface area contributed by atoms with Gasteiger partial charge in [0.25, 0.3) is 0 Å². The van der Waals surface area contributed by atoms with E-state index < -0.39 is 0 Å². The first-order valence-electron chi connectivity index (χ1n) is 12.8. The minimum atomic E-state index is 0.109. The maximum absolute atomic E-state index is 4.66. The number of benzene rings is 3. The summed E-state index contributed by atoms with van der Waals surface area (Å²) in [5.41, 5.74) is 7.07. The van der Waals surface area contributed by atoms with Gasteiger partial charge in [0.2, 0.25) is 0 Å². The minimum Gasteiger partial charge on any atom is -0.279 e. The lowest BCUT2D eigenvalue weighted by Gasteiger charge is -2.19. The third-order valence-corrected chi connectivity index (χ3v) is 6.05. The fourth-order valence-electron chi connectivity index (χ4n) is 4.05. The second-order valence-electron chi connectivity index (χ2n) is 9.78. The van der Waals surface area contributed by atoms with E-state index in [-0.39, 0.29) is 5.41 Å². The van der Waals surface area contributed by atoms with E-state index in [1.165, 1.54) is 16.7 Å². The molecule has 4 aromatic rings. The molecule has 3 heteroatoms. The number of rotatable bonds is 6. The number of terminal acetylenes is 1. The Labute approximate surface area is 222 Å². The number of nitrogens with zero attached hydrogens (tertiary/aromatic N) is 3. The van der Waals surface area contributed by atoms with Crippen molar-refractivity contribution in [1.29, 1.82) is 0 Å². The van der Waals surface area contributed by atoms with Gasteiger partial charge in [-0.15, -0.1) is 22.5 Å². The van der Waals surface area contributed by atoms with Crippen molar-refractivity contribution in [2.24, 2.45) is 0 Å². The van der Waals surface area contributed by atoms with Gasteiger partial charge in [0.1, 0.15) is 0 Å². The van der Waals surface area contributed by atoms with Crippen LogP contribution in [-0.4, -0.2) is 14.8 Å². The molecular weight excluding hydrogens is 450 g/mol. The molecule has 0 amide bonds. The molecule has 37 heavy (non-hydrogen) atoms. The lowest BCUT2D eigenvalue weighted by atomic mass is 9.86. The maximum atomic E-state index is 4.66. The smallest absolute Gasteiger partial charge is 0.168 e. The van der Waals surface area contributed by atoms with Gasteiger partial charge in [0, 0.05) is 16.8 Å². The summed E-state index contributed by atoms with van der Waals surface area (Å²) in [6, 6.07) is 27.7. The molecule has 4 rings (SSSR count). The molecule has 0 N–H and O–H groups in total. The fourth-order valence-corrected chi connectivity index (χ4v) is 4.05. The summed E-state index contributed by atoms with van der Waals surface area (Å²) >= 11 is 0. The summed E-state index contributed by atoms with van der Waals surface area (Å²) in [4.78, 5) is 0. The highest BCUT2D eigenvalue weighted by Gasteiger charge is 2.19. The second kappa shape index (κ2) is 12.7. The van der Waals surface area contributed by atoms with E-state index in [2.05, 4.69) is 140 Å². The zero-order valence-corrected chi connectivity index (χ0v) is 22.9. The van der Waals surface area contributed by atoms with Crippen LogP contribution in [0.3, 0.4) is 0 Å². The van der Waals surface area contributed by atoms with Crippen molar-refractivity contribution in [3.05, 3.63) is 103 Å². The summed E-state index contributed by atoms with van der Waals surface area (Å²) in [6.45, 7) is 12.6. The maximum Gasteiger partial charge on any atom is 0.168 e. The van der Waals surface area contributed by atoms with Crippen LogP contribution < -0.4 is 0 Å². The van der Waals surface area contributed by atoms with E-state index in [1.807, 2.05) is 19.1 Å². The van der Waals surface area contributed by atoms with Crippen LogP contribution in [0.25, 0.3) is 39.6 Å². The molecule has 188 valence electrons. The van der Waals surface area contributed by atoms with Gasteiger partial charge in [-0.1, -0.05) is 119 Å². The van der Waals surface area contributed by atoms with Crippen LogP contribution in [0.5, 0.6) is 0 Å². The van der Waals surface area contributed by atoms with Crippen molar-refractivity contribution in [3.63, 3.8) is 0 Å². The van der Waals surface area contributed by atoms with Crippen molar-refractivity contribution in [1.82, 2.24) is 14.8 Å². The van der Waals surface area contributed by atoms with Crippen LogP contribution in [0.2, 0.25) is 0 Å². The Hall–Kier alpha value is -4.16. The second-order valence-corrected chi connectivity index (χ2v) is 9.78. The molecule has 0 aliphatic heterocycles. The number of hydrogen-bond acceptors (Lipinski definition) is 2. The quantitative estimate of drug-likeness (QED) is 0.201. The molecule has 3 nitrogen and oxygen atoms in total. The standard InChI is InChI=1S/C31H33N3.C3H4/c1-6-8-14-28(7-2)34-29(25-17-15-24(16-18-25)23-12-10-9-11-13-23)32-33-30(34)26-19-21-27(22-20-26)31(3,4)5;1-3-2/h6,8-22H,7H2,1-5H3;1H,2H3/b8-6-,28-14+;. The molecule has 0 fully saturated rings. The molecule has 0 saturated heterocycles. The zero-order chi connectivity index (χ0) is 26.8. The summed E-state index contributed by atoms with van der Waals surface area (Å²) < 4.78 is 2.20. The highest BCUT2D eigenvalue weighted by molar-refractivity contribution is 5.73. The van der Waals surface area contributed by atoms with Gasteiger partial charge in [0.15, 0.2) is 11.6 Å². The van der Waals surface area contributed by atoms with Gasteiger partial charge < -0.3 is 0 Å². The Balaban J connectivity index is 0.00000121. The summed E-state index contributed by atoms with van der Waals surface area (Å²) in [6.07, 6.45) is 11.7. The molecule has 0 bridgehead atoms. The first-order chi connectivity index (χ1) is 17.8. The summed E-state index contributed by atoms with van der Waals surface area (Å²) in [5.74, 6) is 3.97. The van der Waals surface area contributed by atoms with Crippen molar-refractivity contribution in [2.75, 3.05) is 0 Å². The normalized spacial score (nSPS) is 11.6. The van der Waals surface area contributed by atoms with E-state index in [1.54, 1.807) is 6.92 Å². The van der Waals surface area contributed by atoms with Crippen LogP contribution in [0.1, 0.15) is 53.5 Å². The number of hydrogen-bond donors (Lipinski definition) is 0. The third kappa shape index (κ3) is 6.74. The number of allylic oxidation sites excluding steroid dienone is 4. The molecule has 3 aromatic carbocycles. The SMILES string of the molecule is C#CC.C/C=C\C=C(/CC)n1c(-c2ccc(-c3ccccc3)cc2)nnc1-c1ccc(C(C)(C)C)cc1. The van der Waals surface area contributed by atoms with Crippen molar-refractivity contribution in [3.8, 4) is 46.2 Å². The molecule has 0 aliphatic carbocycles. The molecule has 1 aromatic heterocycles. The zero-order valence-electron chi connectivity index (χ0n) is 22.9. The van der Waals surface area contributed by atoms with Crippen LogP contribution in [0.4, 0.5) is 0 Å². The van der Waals surface area contributed by atoms with E-state index in [0.29, 0.717) is 0 Å². The molecule has 0 aliphatic rings. The Morgan fingerprint density at radius 1 is 0.811 bits per heavy atom. The average Bonchev–Trinajstić information content (AvgIpc) is 3.35. The van der Waals surface area contributed by atoms with Crippen molar-refractivity contribution < 1.29 is 0 Å². The van der Waals surface area contributed by atoms with Crippen LogP contribution in [-0.2, 0) is 5.41 Å². The van der Waals surface area contributed by atoms with Crippen LogP contribution in [0.15, 0.2) is 97.1 Å². The molecule has 0 atom stereocenters. The Kier molecular flexibility index (Phi) is 9.41. The third-order valence-electron chi connectivity index (χ3n) is 6.05. The summed E-state index contributed by atoms with van der Waals surface area (Å²) in [5, 5.41) is 9.32. The van der Waals surface area contributed by atoms with E-state index in [4.69, 9.17) is 0 Å². The molecule has 0 spiro atoms. The van der Waals surface area contributed by atoms with E-state index in [9.17, 15) is 0 Å². The monoisotopic (exact) mass is 487 g/mol. The Bertz CT molecular complexity index is 1370. The van der Waals surface area contributed by atoms with E-state index >= 15 is 0 Å². The highest BCUT2D eigenvalue weighted by Crippen LogP contribution is 2.32. The molecule has 0 unspecified atom stereocenters. The lowest BCUT2D eigenvalue weighted by Crippen LogP contribution is -2.10. The molecule has 0 saturated carbocycles. The largest absolute Gasteiger partial charge is 0.279 e. The van der Waals surface area contributed by atoms with Gasteiger partial charge in [-0.05, 0) is 48.4 Å². The molecule has 1 heterocycles. The number of aromatic nitrogens is 3. The van der Waals surface area contributed by atoms with Gasteiger partial charge in [-0.2, -0.15) is 0 Å². The summed E-state index contributed by atoms with van der Waals surface area (Å²) in [7, 11) is 0.